The highest BCUT2D eigenvalue weighted by molar-refractivity contribution is 9.10. The standard InChI is InChI=1S/C12H13BrN2O2/c1-2-15-7-9(14-12(15)13)8-17-11-6-4-3-5-10(11)16/h3-7,16H,2,8H2,1H3. The molecular formula is C12H13BrN2O2. The maximum absolute atomic E-state index is 9.53. The Kier molecular flexibility index (Phi) is 3.68. The molecule has 1 aromatic carbocycles. The Labute approximate surface area is 108 Å². The van der Waals surface area contributed by atoms with Gasteiger partial charge in [0.05, 0.1) is 5.69 Å². The number of rotatable bonds is 4. The van der Waals surface area contributed by atoms with Crippen LogP contribution in [0.1, 0.15) is 12.6 Å². The molecule has 0 unspecified atom stereocenters. The summed E-state index contributed by atoms with van der Waals surface area (Å²) in [4.78, 5) is 4.30. The van der Waals surface area contributed by atoms with Crippen LogP contribution in [-0.2, 0) is 13.2 Å². The van der Waals surface area contributed by atoms with E-state index in [1.54, 1.807) is 18.2 Å². The summed E-state index contributed by atoms with van der Waals surface area (Å²) >= 11 is 3.36. The second-order valence-corrected chi connectivity index (χ2v) is 4.25. The lowest BCUT2D eigenvalue weighted by Gasteiger charge is -2.05. The van der Waals surface area contributed by atoms with Crippen LogP contribution in [0.25, 0.3) is 0 Å². The summed E-state index contributed by atoms with van der Waals surface area (Å²) in [6.45, 7) is 3.23. The van der Waals surface area contributed by atoms with Crippen molar-refractivity contribution in [2.24, 2.45) is 0 Å². The van der Waals surface area contributed by atoms with Crippen molar-refractivity contribution in [2.75, 3.05) is 0 Å². The first-order valence-corrected chi connectivity index (χ1v) is 6.12. The van der Waals surface area contributed by atoms with E-state index in [4.69, 9.17) is 4.74 Å². The molecule has 0 spiro atoms. The smallest absolute Gasteiger partial charge is 0.177 e. The van der Waals surface area contributed by atoms with Crippen LogP contribution in [0.3, 0.4) is 0 Å². The van der Waals surface area contributed by atoms with Gasteiger partial charge in [-0.15, -0.1) is 0 Å². The van der Waals surface area contributed by atoms with E-state index in [0.717, 1.165) is 17.0 Å². The number of hydrogen-bond donors (Lipinski definition) is 1. The molecule has 5 heteroatoms. The molecular weight excluding hydrogens is 284 g/mol. The summed E-state index contributed by atoms with van der Waals surface area (Å²) in [6.07, 6.45) is 1.92. The van der Waals surface area contributed by atoms with E-state index >= 15 is 0 Å². The molecule has 0 saturated carbocycles. The molecule has 0 saturated heterocycles. The predicted molar refractivity (Wildman–Crippen MR) is 68.0 cm³/mol. The molecule has 4 nitrogen and oxygen atoms in total. The Hall–Kier alpha value is -1.49. The highest BCUT2D eigenvalue weighted by Gasteiger charge is 2.06. The Morgan fingerprint density at radius 3 is 2.82 bits per heavy atom. The minimum atomic E-state index is 0.140. The van der Waals surface area contributed by atoms with E-state index in [-0.39, 0.29) is 5.75 Å². The number of ether oxygens (including phenoxy) is 1. The van der Waals surface area contributed by atoms with Crippen LogP contribution >= 0.6 is 15.9 Å². The van der Waals surface area contributed by atoms with E-state index in [9.17, 15) is 5.11 Å². The molecule has 1 heterocycles. The van der Waals surface area contributed by atoms with Gasteiger partial charge in [0.15, 0.2) is 16.2 Å². The number of halogens is 1. The zero-order valence-corrected chi connectivity index (χ0v) is 11.0. The SMILES string of the molecule is CCn1cc(COc2ccccc2O)nc1Br. The van der Waals surface area contributed by atoms with Crippen LogP contribution in [0.2, 0.25) is 0 Å². The summed E-state index contributed by atoms with van der Waals surface area (Å²) in [5.74, 6) is 0.608. The third-order valence-corrected chi connectivity index (χ3v) is 2.99. The normalized spacial score (nSPS) is 10.5. The van der Waals surface area contributed by atoms with Crippen LogP contribution in [0.4, 0.5) is 0 Å². The van der Waals surface area contributed by atoms with Crippen LogP contribution in [0, 0.1) is 0 Å². The van der Waals surface area contributed by atoms with Crippen molar-refractivity contribution in [3.63, 3.8) is 0 Å². The topological polar surface area (TPSA) is 47.3 Å². The van der Waals surface area contributed by atoms with Gasteiger partial charge in [-0.3, -0.25) is 0 Å². The number of aromatic nitrogens is 2. The van der Waals surface area contributed by atoms with Gasteiger partial charge in [0, 0.05) is 12.7 Å². The molecule has 0 radical (unpaired) electrons. The quantitative estimate of drug-likeness (QED) is 0.944. The summed E-state index contributed by atoms with van der Waals surface area (Å²) in [5.41, 5.74) is 0.821. The molecule has 0 atom stereocenters. The molecule has 2 rings (SSSR count). The number of nitrogens with zero attached hydrogens (tertiary/aromatic N) is 2. The molecule has 0 aliphatic heterocycles. The van der Waals surface area contributed by atoms with E-state index in [0.29, 0.717) is 12.4 Å². The highest BCUT2D eigenvalue weighted by Crippen LogP contribution is 2.25. The number of phenolic OH excluding ortho intramolecular Hbond substituents is 1. The molecule has 1 N–H and O–H groups in total. The Morgan fingerprint density at radius 2 is 2.18 bits per heavy atom. The van der Waals surface area contributed by atoms with Crippen LogP contribution in [-0.4, -0.2) is 14.7 Å². The lowest BCUT2D eigenvalue weighted by Crippen LogP contribution is -1.96. The molecule has 17 heavy (non-hydrogen) atoms. The van der Waals surface area contributed by atoms with Gasteiger partial charge in [-0.05, 0) is 35.0 Å². The van der Waals surface area contributed by atoms with Crippen molar-refractivity contribution < 1.29 is 9.84 Å². The number of hydrogen-bond acceptors (Lipinski definition) is 3. The fourth-order valence-electron chi connectivity index (χ4n) is 1.47. The number of aryl methyl sites for hydroxylation is 1. The van der Waals surface area contributed by atoms with E-state index in [1.165, 1.54) is 0 Å². The van der Waals surface area contributed by atoms with Crippen molar-refractivity contribution in [3.8, 4) is 11.5 Å². The van der Waals surface area contributed by atoms with Gasteiger partial charge in [-0.25, -0.2) is 4.98 Å². The maximum Gasteiger partial charge on any atom is 0.177 e. The third kappa shape index (κ3) is 2.79. The van der Waals surface area contributed by atoms with E-state index in [1.807, 2.05) is 23.8 Å². The predicted octanol–water partition coefficient (Wildman–Crippen LogP) is 2.95. The van der Waals surface area contributed by atoms with Crippen molar-refractivity contribution >= 4 is 15.9 Å². The summed E-state index contributed by atoms with van der Waals surface area (Å²) in [7, 11) is 0. The third-order valence-electron chi connectivity index (χ3n) is 2.36. The minimum absolute atomic E-state index is 0.140. The average Bonchev–Trinajstić information content (AvgIpc) is 2.69. The molecule has 0 bridgehead atoms. The minimum Gasteiger partial charge on any atom is -0.504 e. The van der Waals surface area contributed by atoms with Crippen molar-refractivity contribution in [2.45, 2.75) is 20.1 Å². The van der Waals surface area contributed by atoms with Gasteiger partial charge >= 0.3 is 0 Å². The molecule has 1 aromatic heterocycles. The summed E-state index contributed by atoms with van der Waals surface area (Å²) < 4.78 is 8.25. The molecule has 90 valence electrons. The Bertz CT molecular complexity index is 511. The molecule has 2 aromatic rings. The van der Waals surface area contributed by atoms with Gasteiger partial charge in [0.2, 0.25) is 0 Å². The zero-order chi connectivity index (χ0) is 12.3. The molecule has 0 aliphatic carbocycles. The number of benzene rings is 1. The maximum atomic E-state index is 9.53. The van der Waals surface area contributed by atoms with Crippen LogP contribution in [0.5, 0.6) is 11.5 Å². The lowest BCUT2D eigenvalue weighted by molar-refractivity contribution is 0.285. The van der Waals surface area contributed by atoms with Crippen molar-refractivity contribution in [1.82, 2.24) is 9.55 Å². The number of imidazole rings is 1. The molecule has 0 fully saturated rings. The first-order chi connectivity index (χ1) is 8.20. The first kappa shape index (κ1) is 12.0. The van der Waals surface area contributed by atoms with Crippen molar-refractivity contribution in [1.29, 1.82) is 0 Å². The zero-order valence-electron chi connectivity index (χ0n) is 9.43. The van der Waals surface area contributed by atoms with Crippen LogP contribution < -0.4 is 4.74 Å². The molecule has 0 aliphatic rings. The Morgan fingerprint density at radius 1 is 1.41 bits per heavy atom. The highest BCUT2D eigenvalue weighted by atomic mass is 79.9. The van der Waals surface area contributed by atoms with Gasteiger partial charge in [-0.1, -0.05) is 12.1 Å². The van der Waals surface area contributed by atoms with Gasteiger partial charge < -0.3 is 14.4 Å². The monoisotopic (exact) mass is 296 g/mol. The second-order valence-electron chi connectivity index (χ2n) is 3.54. The Balaban J connectivity index is 2.05. The van der Waals surface area contributed by atoms with E-state index in [2.05, 4.69) is 20.9 Å². The second kappa shape index (κ2) is 5.23. The largest absolute Gasteiger partial charge is 0.504 e. The molecule has 0 amide bonds. The average molecular weight is 297 g/mol. The van der Waals surface area contributed by atoms with Crippen LogP contribution in [0.15, 0.2) is 35.2 Å². The van der Waals surface area contributed by atoms with E-state index < -0.39 is 0 Å². The lowest BCUT2D eigenvalue weighted by atomic mass is 10.3. The van der Waals surface area contributed by atoms with Gasteiger partial charge in [-0.2, -0.15) is 0 Å². The number of para-hydroxylation sites is 2. The van der Waals surface area contributed by atoms with Crippen molar-refractivity contribution in [3.05, 3.63) is 40.9 Å². The van der Waals surface area contributed by atoms with Gasteiger partial charge in [0.1, 0.15) is 6.61 Å². The van der Waals surface area contributed by atoms with Gasteiger partial charge in [0.25, 0.3) is 0 Å². The summed E-state index contributed by atoms with van der Waals surface area (Å²) in [6, 6.07) is 6.89. The number of aromatic hydroxyl groups is 1. The first-order valence-electron chi connectivity index (χ1n) is 5.33. The fraction of sp³-hybridized carbons (Fsp3) is 0.250. The fourth-order valence-corrected chi connectivity index (χ4v) is 2.05. The summed E-state index contributed by atoms with van der Waals surface area (Å²) in [5, 5.41) is 9.53. The number of phenols is 1.